The number of rotatable bonds is 9. The van der Waals surface area contributed by atoms with E-state index in [0.29, 0.717) is 86.0 Å². The third-order valence-corrected chi connectivity index (χ3v) is 16.9. The number of pyridine rings is 1. The van der Waals surface area contributed by atoms with Crippen LogP contribution in [0.25, 0.3) is 44.8 Å². The summed E-state index contributed by atoms with van der Waals surface area (Å²) in [5.74, 6) is 3.66. The summed E-state index contributed by atoms with van der Waals surface area (Å²) in [6, 6.07) is 21.9. The van der Waals surface area contributed by atoms with Crippen LogP contribution in [0.3, 0.4) is 0 Å². The van der Waals surface area contributed by atoms with Gasteiger partial charge < -0.3 is 29.8 Å². The van der Waals surface area contributed by atoms with Crippen molar-refractivity contribution in [2.24, 2.45) is 35.5 Å². The van der Waals surface area contributed by atoms with Crippen molar-refractivity contribution in [2.45, 2.75) is 127 Å². The van der Waals surface area contributed by atoms with E-state index in [9.17, 15) is 10.2 Å². The summed E-state index contributed by atoms with van der Waals surface area (Å²) < 4.78 is 38.2. The maximum Gasteiger partial charge on any atom is 4.00 e. The molecule has 5 aromatic rings. The Morgan fingerprint density at radius 2 is 0.846 bits per heavy atom. The van der Waals surface area contributed by atoms with Crippen molar-refractivity contribution >= 4 is 0 Å². The monoisotopic (exact) mass is 1040 g/mol. The molecule has 1 heterocycles. The van der Waals surface area contributed by atoms with Gasteiger partial charge in [0.1, 0.15) is 17.4 Å². The van der Waals surface area contributed by atoms with E-state index in [1.54, 1.807) is 19.2 Å². The molecule has 0 N–H and O–H groups in total. The average Bonchev–Trinajstić information content (AvgIpc) is 3.23. The predicted molar refractivity (Wildman–Crippen MR) is 252 cm³/mol. The van der Waals surface area contributed by atoms with Crippen LogP contribution in [-0.2, 0) is 36.7 Å². The first-order valence-corrected chi connectivity index (χ1v) is 23.6. The first-order chi connectivity index (χ1) is 29.8. The molecule has 0 spiro atoms. The van der Waals surface area contributed by atoms with Crippen LogP contribution in [0.15, 0.2) is 72.8 Å². The number of ether oxygens (including phenoxy) is 1. The van der Waals surface area contributed by atoms with Gasteiger partial charge in [-0.3, -0.25) is 0 Å². The van der Waals surface area contributed by atoms with E-state index in [-0.39, 0.29) is 86.5 Å². The molecular formula is C58H65F2HfNO3. The molecular weight excluding hydrogens is 975 g/mol. The summed E-state index contributed by atoms with van der Waals surface area (Å²) in [7, 11) is 1.62. The number of benzene rings is 4. The largest absolute Gasteiger partial charge is 4.00 e. The van der Waals surface area contributed by atoms with Gasteiger partial charge in [0.05, 0.1) is 18.5 Å². The second-order valence-electron chi connectivity index (χ2n) is 21.8. The summed E-state index contributed by atoms with van der Waals surface area (Å²) in [5, 5.41) is 29.9. The molecule has 0 amide bonds. The molecule has 0 saturated heterocycles. The quantitative estimate of drug-likeness (QED) is 0.109. The first kappa shape index (κ1) is 47.6. The fourth-order valence-electron chi connectivity index (χ4n) is 14.9. The zero-order chi connectivity index (χ0) is 42.8. The van der Waals surface area contributed by atoms with Gasteiger partial charge in [0.2, 0.25) is 0 Å². The molecule has 338 valence electrons. The van der Waals surface area contributed by atoms with E-state index >= 15 is 8.78 Å². The maximum atomic E-state index is 16.1. The fourth-order valence-corrected chi connectivity index (χ4v) is 14.9. The van der Waals surface area contributed by atoms with Crippen molar-refractivity contribution in [3.63, 3.8) is 0 Å². The van der Waals surface area contributed by atoms with Crippen molar-refractivity contribution in [3.05, 3.63) is 122 Å². The Kier molecular flexibility index (Phi) is 13.0. The van der Waals surface area contributed by atoms with E-state index in [1.165, 1.54) is 50.7 Å². The summed E-state index contributed by atoms with van der Waals surface area (Å²) in [4.78, 5) is 5.38. The maximum absolute atomic E-state index is 16.1. The normalized spacial score (nSPS) is 28.0. The molecule has 8 bridgehead atoms. The molecule has 4 aromatic carbocycles. The molecule has 13 rings (SSSR count). The zero-order valence-electron chi connectivity index (χ0n) is 39.5. The van der Waals surface area contributed by atoms with Gasteiger partial charge >= 0.3 is 25.8 Å². The second kappa shape index (κ2) is 17.7. The summed E-state index contributed by atoms with van der Waals surface area (Å²) >= 11 is 0. The number of hydrogen-bond acceptors (Lipinski definition) is 4. The molecule has 4 nitrogen and oxygen atoms in total. The Bertz CT molecular complexity index is 2370. The number of halogens is 2. The van der Waals surface area contributed by atoms with Crippen LogP contribution in [-0.4, -0.2) is 12.1 Å². The van der Waals surface area contributed by atoms with Crippen molar-refractivity contribution in [1.82, 2.24) is 4.98 Å². The molecule has 8 fully saturated rings. The number of nitrogens with zero attached hydrogens (tertiary/aromatic N) is 1. The van der Waals surface area contributed by atoms with Gasteiger partial charge in [-0.15, -0.1) is 0 Å². The first-order valence-electron chi connectivity index (χ1n) is 23.6. The Morgan fingerprint density at radius 1 is 0.508 bits per heavy atom. The van der Waals surface area contributed by atoms with Gasteiger partial charge in [-0.25, -0.2) is 13.8 Å². The van der Waals surface area contributed by atoms with Crippen LogP contribution < -0.4 is 14.9 Å². The Balaban J connectivity index is 0.00000192. The Morgan fingerprint density at radius 3 is 1.15 bits per heavy atom. The minimum absolute atomic E-state index is 0. The minimum atomic E-state index is -0.380. The molecule has 7 heteroatoms. The van der Waals surface area contributed by atoms with Gasteiger partial charge in [-0.1, -0.05) is 63.5 Å². The average molecular weight is 1040 g/mol. The third kappa shape index (κ3) is 8.14. The van der Waals surface area contributed by atoms with E-state index in [1.807, 2.05) is 36.4 Å². The number of hydrogen-bond donors (Lipinski definition) is 0. The SMILES string of the molecule is COc1cc(-c2cc(C(C)C)ccc2-c2cc(F)cc(C34CC5CC(CC(C5)C3)C4)c2[O-])nc(-c2cc(C(C)C)ccc2-c2cc(F)cc(C34CC5CC(CC(C5)C3)C4)c2[O-])c1.[CH3-].[CH3-].[Hf+4]. The summed E-state index contributed by atoms with van der Waals surface area (Å²) in [6.45, 7) is 8.54. The summed E-state index contributed by atoms with van der Waals surface area (Å²) in [6.07, 6.45) is 13.2. The van der Waals surface area contributed by atoms with Gasteiger partial charge in [0.15, 0.2) is 0 Å². The Hall–Kier alpha value is -3.84. The van der Waals surface area contributed by atoms with Crippen LogP contribution in [0, 0.1) is 62.0 Å². The third-order valence-electron chi connectivity index (χ3n) is 16.9. The predicted octanol–water partition coefficient (Wildman–Crippen LogP) is 14.3. The van der Waals surface area contributed by atoms with Gasteiger partial charge in [-0.05, 0) is 216 Å². The molecule has 8 saturated carbocycles. The van der Waals surface area contributed by atoms with Crippen LogP contribution >= 0.6 is 0 Å². The zero-order valence-corrected chi connectivity index (χ0v) is 43.1. The van der Waals surface area contributed by atoms with Crippen molar-refractivity contribution in [3.8, 4) is 62.0 Å². The van der Waals surface area contributed by atoms with Crippen molar-refractivity contribution in [2.75, 3.05) is 7.11 Å². The van der Waals surface area contributed by atoms with Gasteiger partial charge in [0, 0.05) is 23.3 Å². The van der Waals surface area contributed by atoms with Crippen molar-refractivity contribution in [1.29, 1.82) is 0 Å². The van der Waals surface area contributed by atoms with Gasteiger partial charge in [-0.2, -0.15) is 0 Å². The fraction of sp³-hybridized carbons (Fsp3) is 0.466. The standard InChI is InChI=1S/C56H61F2NO3.2CH3.Hf/c1-30(2)38-6-8-43(47-18-40(57)20-49(53(47)60)55-24-32-10-33(25-55)12-34(11-32)26-55)45(16-38)51-22-42(62-5)23-52(59-51)46-17-39(31(3)4)7-9-44(46)48-19-41(58)21-50(54(48)61)56-27-35-13-36(28-56)15-37(14-35)29-56;;;/h6-9,16-23,30-37,60-61H,10-15,24-29H2,1-5H3;2*1H3;/q;2*-1;+4/p-2. The number of methoxy groups -OCH3 is 1. The molecule has 0 unspecified atom stereocenters. The van der Waals surface area contributed by atoms with Crippen LogP contribution in [0.4, 0.5) is 8.78 Å². The second-order valence-corrected chi connectivity index (χ2v) is 21.8. The van der Waals surface area contributed by atoms with Gasteiger partial charge in [0.25, 0.3) is 0 Å². The van der Waals surface area contributed by atoms with E-state index in [0.717, 1.165) is 60.8 Å². The van der Waals surface area contributed by atoms with E-state index in [4.69, 9.17) is 9.72 Å². The topological polar surface area (TPSA) is 68.2 Å². The minimum Gasteiger partial charge on any atom is -0.872 e. The molecule has 65 heavy (non-hydrogen) atoms. The smallest absolute Gasteiger partial charge is 0.872 e. The number of aromatic nitrogens is 1. The molecule has 0 aliphatic heterocycles. The van der Waals surface area contributed by atoms with Crippen LogP contribution in [0.1, 0.15) is 139 Å². The van der Waals surface area contributed by atoms with E-state index in [2.05, 4.69) is 39.8 Å². The molecule has 0 atom stereocenters. The Labute approximate surface area is 405 Å². The molecule has 0 radical (unpaired) electrons. The van der Waals surface area contributed by atoms with Crippen molar-refractivity contribution < 1.29 is 49.6 Å². The molecule has 1 aromatic heterocycles. The summed E-state index contributed by atoms with van der Waals surface area (Å²) in [5.41, 5.74) is 7.48. The molecule has 8 aliphatic rings. The van der Waals surface area contributed by atoms with Crippen LogP contribution in [0.5, 0.6) is 17.2 Å². The van der Waals surface area contributed by atoms with Crippen LogP contribution in [0.2, 0.25) is 0 Å². The van der Waals surface area contributed by atoms with E-state index < -0.39 is 0 Å². The molecule has 8 aliphatic carbocycles.